The summed E-state index contributed by atoms with van der Waals surface area (Å²) in [7, 11) is 0. The molecule has 2 heterocycles. The largest absolute Gasteiger partial charge is 0.353 e. The number of aryl methyl sites for hydroxylation is 1. The van der Waals surface area contributed by atoms with Gasteiger partial charge in [0.1, 0.15) is 11.2 Å². The smallest absolute Gasteiger partial charge is 0.264 e. The Morgan fingerprint density at radius 2 is 1.86 bits per heavy atom. The van der Waals surface area contributed by atoms with Gasteiger partial charge in [0.25, 0.3) is 5.56 Å². The van der Waals surface area contributed by atoms with Crippen LogP contribution < -0.4 is 10.9 Å². The minimum atomic E-state index is -0.156. The number of nitrogens with zero attached hydrogens (tertiary/aromatic N) is 4. The van der Waals surface area contributed by atoms with Crippen molar-refractivity contribution in [2.24, 2.45) is 0 Å². The van der Waals surface area contributed by atoms with E-state index >= 15 is 0 Å². The van der Waals surface area contributed by atoms with Crippen LogP contribution in [0.5, 0.6) is 0 Å². The zero-order valence-corrected chi connectivity index (χ0v) is 16.8. The van der Waals surface area contributed by atoms with Crippen molar-refractivity contribution in [3.8, 4) is 5.69 Å². The van der Waals surface area contributed by atoms with Crippen molar-refractivity contribution in [1.82, 2.24) is 24.6 Å². The van der Waals surface area contributed by atoms with Crippen LogP contribution in [0.3, 0.4) is 0 Å². The Morgan fingerprint density at radius 1 is 1.14 bits per heavy atom. The number of carbonyl (C=O) groups is 1. The molecule has 0 radical (unpaired) electrons. The molecule has 29 heavy (non-hydrogen) atoms. The van der Waals surface area contributed by atoms with Gasteiger partial charge in [-0.1, -0.05) is 43.9 Å². The lowest BCUT2D eigenvalue weighted by Gasteiger charge is -2.16. The minimum Gasteiger partial charge on any atom is -0.353 e. The highest BCUT2D eigenvalue weighted by atomic mass is 16.2. The zero-order chi connectivity index (χ0) is 20.2. The summed E-state index contributed by atoms with van der Waals surface area (Å²) >= 11 is 0. The van der Waals surface area contributed by atoms with Crippen molar-refractivity contribution in [3.05, 3.63) is 52.7 Å². The van der Waals surface area contributed by atoms with Gasteiger partial charge in [-0.2, -0.15) is 5.10 Å². The van der Waals surface area contributed by atoms with Gasteiger partial charge in [-0.3, -0.25) is 14.2 Å². The molecule has 0 unspecified atom stereocenters. The molecule has 0 bridgehead atoms. The molecule has 7 heteroatoms. The van der Waals surface area contributed by atoms with Gasteiger partial charge in [-0.05, 0) is 31.9 Å². The normalized spacial score (nSPS) is 15.3. The number of hydrogen-bond acceptors (Lipinski definition) is 4. The maximum atomic E-state index is 13.0. The summed E-state index contributed by atoms with van der Waals surface area (Å²) in [6.07, 6.45) is 8.79. The third kappa shape index (κ3) is 4.23. The lowest BCUT2D eigenvalue weighted by Crippen LogP contribution is -2.35. The number of amides is 1. The lowest BCUT2D eigenvalue weighted by atomic mass is 10.1. The van der Waals surface area contributed by atoms with E-state index in [1.807, 2.05) is 30.3 Å². The van der Waals surface area contributed by atoms with E-state index in [1.54, 1.807) is 22.4 Å². The summed E-state index contributed by atoms with van der Waals surface area (Å²) in [4.78, 5) is 30.0. The fourth-order valence-corrected chi connectivity index (χ4v) is 4.06. The molecule has 152 valence electrons. The van der Waals surface area contributed by atoms with Crippen molar-refractivity contribution in [3.63, 3.8) is 0 Å². The Labute approximate surface area is 169 Å². The molecule has 4 rings (SSSR count). The first-order valence-corrected chi connectivity index (χ1v) is 10.4. The summed E-state index contributed by atoms with van der Waals surface area (Å²) < 4.78 is 3.25. The third-order valence-electron chi connectivity index (χ3n) is 5.66. The standard InChI is InChI=1S/C22H27N5O2/c1-16-24-21-19(15-23-27(21)18-11-7-4-8-12-18)22(29)26(16)14-13-20(28)25-17-9-5-2-3-6-10-17/h4,7-8,11-12,15,17H,2-3,5-6,9-10,13-14H2,1H3,(H,25,28). The number of carbonyl (C=O) groups excluding carboxylic acids is 1. The van der Waals surface area contributed by atoms with Crippen molar-refractivity contribution >= 4 is 16.9 Å². The summed E-state index contributed by atoms with van der Waals surface area (Å²) in [5.41, 5.74) is 1.24. The van der Waals surface area contributed by atoms with E-state index in [-0.39, 0.29) is 23.9 Å². The molecule has 7 nitrogen and oxygen atoms in total. The maximum absolute atomic E-state index is 13.0. The molecule has 0 saturated heterocycles. The van der Waals surface area contributed by atoms with Crippen LogP contribution in [0.25, 0.3) is 16.7 Å². The predicted octanol–water partition coefficient (Wildman–Crippen LogP) is 3.12. The van der Waals surface area contributed by atoms with Gasteiger partial charge in [0.05, 0.1) is 11.9 Å². The van der Waals surface area contributed by atoms with Crippen molar-refractivity contribution in [1.29, 1.82) is 0 Å². The van der Waals surface area contributed by atoms with E-state index in [0.29, 0.717) is 23.4 Å². The van der Waals surface area contributed by atoms with E-state index in [0.717, 1.165) is 18.5 Å². The van der Waals surface area contributed by atoms with Gasteiger partial charge in [-0.15, -0.1) is 0 Å². The summed E-state index contributed by atoms with van der Waals surface area (Å²) in [6, 6.07) is 9.89. The number of fused-ring (bicyclic) bond motifs is 1. The van der Waals surface area contributed by atoms with E-state index in [2.05, 4.69) is 15.4 Å². The number of rotatable bonds is 5. The first-order chi connectivity index (χ1) is 14.1. The summed E-state index contributed by atoms with van der Waals surface area (Å²) in [6.45, 7) is 2.12. The summed E-state index contributed by atoms with van der Waals surface area (Å²) in [5.74, 6) is 0.589. The second-order valence-corrected chi connectivity index (χ2v) is 7.75. The van der Waals surface area contributed by atoms with E-state index < -0.39 is 0 Å². The molecule has 1 amide bonds. The van der Waals surface area contributed by atoms with Crippen molar-refractivity contribution < 1.29 is 4.79 Å². The molecular weight excluding hydrogens is 366 g/mol. The average molecular weight is 393 g/mol. The first kappa shape index (κ1) is 19.4. The van der Waals surface area contributed by atoms with Crippen LogP contribution >= 0.6 is 0 Å². The van der Waals surface area contributed by atoms with E-state index in [4.69, 9.17) is 0 Å². The molecular formula is C22H27N5O2. The van der Waals surface area contributed by atoms with Gasteiger partial charge in [0.2, 0.25) is 5.91 Å². The Bertz CT molecular complexity index is 1050. The second kappa shape index (κ2) is 8.59. The van der Waals surface area contributed by atoms with E-state index in [9.17, 15) is 9.59 Å². The highest BCUT2D eigenvalue weighted by molar-refractivity contribution is 5.77. The van der Waals surface area contributed by atoms with Crippen LogP contribution in [0.4, 0.5) is 0 Å². The number of aromatic nitrogens is 4. The highest BCUT2D eigenvalue weighted by Gasteiger charge is 2.17. The molecule has 1 aliphatic carbocycles. The van der Waals surface area contributed by atoms with Crippen LogP contribution in [0, 0.1) is 6.92 Å². The number of hydrogen-bond donors (Lipinski definition) is 1. The fraction of sp³-hybridized carbons (Fsp3) is 0.455. The second-order valence-electron chi connectivity index (χ2n) is 7.75. The van der Waals surface area contributed by atoms with Gasteiger partial charge in [0.15, 0.2) is 5.65 Å². The molecule has 2 aromatic heterocycles. The molecule has 1 aromatic carbocycles. The highest BCUT2D eigenvalue weighted by Crippen LogP contribution is 2.17. The number of para-hydroxylation sites is 1. The van der Waals surface area contributed by atoms with Crippen LogP contribution in [0.2, 0.25) is 0 Å². The molecule has 0 aliphatic heterocycles. The number of benzene rings is 1. The van der Waals surface area contributed by atoms with Gasteiger partial charge in [0, 0.05) is 19.0 Å². The maximum Gasteiger partial charge on any atom is 0.264 e. The molecule has 0 spiro atoms. The monoisotopic (exact) mass is 393 g/mol. The fourth-order valence-electron chi connectivity index (χ4n) is 4.06. The molecule has 3 aromatic rings. The molecule has 1 fully saturated rings. The van der Waals surface area contributed by atoms with E-state index in [1.165, 1.54) is 25.7 Å². The van der Waals surface area contributed by atoms with Crippen molar-refractivity contribution in [2.75, 3.05) is 0 Å². The van der Waals surface area contributed by atoms with Gasteiger partial charge < -0.3 is 5.32 Å². The average Bonchev–Trinajstić information content (AvgIpc) is 2.97. The van der Waals surface area contributed by atoms with Crippen LogP contribution in [-0.4, -0.2) is 31.3 Å². The Balaban J connectivity index is 1.51. The lowest BCUT2D eigenvalue weighted by molar-refractivity contribution is -0.122. The van der Waals surface area contributed by atoms with Crippen LogP contribution in [-0.2, 0) is 11.3 Å². The molecule has 1 saturated carbocycles. The Morgan fingerprint density at radius 3 is 2.59 bits per heavy atom. The van der Waals surface area contributed by atoms with Gasteiger partial charge in [-0.25, -0.2) is 9.67 Å². The zero-order valence-electron chi connectivity index (χ0n) is 16.8. The molecule has 1 N–H and O–H groups in total. The Hall–Kier alpha value is -2.96. The first-order valence-electron chi connectivity index (χ1n) is 10.4. The van der Waals surface area contributed by atoms with Gasteiger partial charge >= 0.3 is 0 Å². The topological polar surface area (TPSA) is 81.8 Å². The van der Waals surface area contributed by atoms with Crippen LogP contribution in [0.15, 0.2) is 41.3 Å². The summed E-state index contributed by atoms with van der Waals surface area (Å²) in [5, 5.41) is 7.95. The molecule has 1 aliphatic rings. The van der Waals surface area contributed by atoms with Crippen molar-refractivity contribution in [2.45, 2.75) is 64.5 Å². The predicted molar refractivity (Wildman–Crippen MR) is 112 cm³/mol. The minimum absolute atomic E-state index is 0.00303. The number of nitrogens with one attached hydrogen (secondary N) is 1. The molecule has 0 atom stereocenters. The Kier molecular flexibility index (Phi) is 5.74. The SMILES string of the molecule is Cc1nc2c(cnn2-c2ccccc2)c(=O)n1CCC(=O)NC1CCCCCC1. The van der Waals surface area contributed by atoms with Crippen LogP contribution in [0.1, 0.15) is 50.8 Å². The quantitative estimate of drug-likeness (QED) is 0.675. The third-order valence-corrected chi connectivity index (χ3v) is 5.66.